The zero-order chi connectivity index (χ0) is 14.1. The third-order valence-corrected chi connectivity index (χ3v) is 3.72. The van der Waals surface area contributed by atoms with Gasteiger partial charge in [-0.1, -0.05) is 35.9 Å². The first-order valence-corrected chi connectivity index (χ1v) is 6.87. The summed E-state index contributed by atoms with van der Waals surface area (Å²) in [6.07, 6.45) is -0.143. The van der Waals surface area contributed by atoms with Crippen molar-refractivity contribution in [1.29, 1.82) is 0 Å². The number of nitrogens with zero attached hydrogens (tertiary/aromatic N) is 2. The molecule has 0 saturated carbocycles. The Morgan fingerprint density at radius 2 is 2.00 bits per heavy atom. The van der Waals surface area contributed by atoms with E-state index in [0.717, 1.165) is 22.4 Å². The van der Waals surface area contributed by atoms with Crippen molar-refractivity contribution in [2.75, 3.05) is 0 Å². The van der Waals surface area contributed by atoms with Crippen molar-refractivity contribution in [2.24, 2.45) is 7.05 Å². The second kappa shape index (κ2) is 5.27. The molecule has 1 heterocycles. The van der Waals surface area contributed by atoms with Crippen LogP contribution in [0.4, 0.5) is 0 Å². The molecule has 1 aromatic heterocycles. The lowest BCUT2D eigenvalue weighted by Gasteiger charge is -2.11. The van der Waals surface area contributed by atoms with Crippen LogP contribution in [0.3, 0.4) is 0 Å². The van der Waals surface area contributed by atoms with Crippen molar-refractivity contribution in [3.63, 3.8) is 0 Å². The number of imidazole rings is 1. The molecule has 1 unspecified atom stereocenters. The number of fused-ring (bicyclic) bond motifs is 1. The van der Waals surface area contributed by atoms with Gasteiger partial charge in [-0.05, 0) is 29.8 Å². The molecule has 20 heavy (non-hydrogen) atoms. The lowest BCUT2D eigenvalue weighted by Crippen LogP contribution is -2.06. The molecule has 0 saturated heterocycles. The van der Waals surface area contributed by atoms with Gasteiger partial charge in [-0.25, -0.2) is 4.98 Å². The number of hydrogen-bond donors (Lipinski definition) is 1. The van der Waals surface area contributed by atoms with Gasteiger partial charge in [-0.2, -0.15) is 0 Å². The van der Waals surface area contributed by atoms with Crippen LogP contribution in [0, 0.1) is 0 Å². The molecule has 0 spiro atoms. The van der Waals surface area contributed by atoms with Gasteiger partial charge >= 0.3 is 0 Å². The highest BCUT2D eigenvalue weighted by Gasteiger charge is 2.14. The molecule has 3 nitrogen and oxygen atoms in total. The van der Waals surface area contributed by atoms with Crippen LogP contribution < -0.4 is 0 Å². The Balaban J connectivity index is 1.91. The summed E-state index contributed by atoms with van der Waals surface area (Å²) >= 11 is 5.96. The van der Waals surface area contributed by atoms with E-state index in [1.165, 1.54) is 0 Å². The van der Waals surface area contributed by atoms with E-state index in [2.05, 4.69) is 4.98 Å². The predicted octanol–water partition coefficient (Wildman–Crippen LogP) is 3.50. The van der Waals surface area contributed by atoms with Crippen molar-refractivity contribution < 1.29 is 5.11 Å². The van der Waals surface area contributed by atoms with E-state index >= 15 is 0 Å². The zero-order valence-electron chi connectivity index (χ0n) is 11.1. The molecular weight excluding hydrogens is 272 g/mol. The summed E-state index contributed by atoms with van der Waals surface area (Å²) in [6.45, 7) is 0. The molecule has 0 aliphatic heterocycles. The van der Waals surface area contributed by atoms with E-state index in [1.807, 2.05) is 48.0 Å². The van der Waals surface area contributed by atoms with Crippen LogP contribution in [0.15, 0.2) is 48.5 Å². The van der Waals surface area contributed by atoms with Gasteiger partial charge in [-0.15, -0.1) is 0 Å². The van der Waals surface area contributed by atoms with E-state index in [9.17, 15) is 5.11 Å². The monoisotopic (exact) mass is 286 g/mol. The fourth-order valence-corrected chi connectivity index (χ4v) is 2.58. The summed E-state index contributed by atoms with van der Waals surface area (Å²) in [4.78, 5) is 4.57. The van der Waals surface area contributed by atoms with Crippen LogP contribution in [0.5, 0.6) is 0 Å². The average molecular weight is 287 g/mol. The Labute approximate surface area is 122 Å². The summed E-state index contributed by atoms with van der Waals surface area (Å²) in [6, 6.07) is 15.3. The zero-order valence-corrected chi connectivity index (χ0v) is 11.9. The molecule has 2 aromatic carbocycles. The van der Waals surface area contributed by atoms with Crippen molar-refractivity contribution in [3.05, 3.63) is 64.9 Å². The van der Waals surface area contributed by atoms with Crippen LogP contribution in [0.2, 0.25) is 5.02 Å². The molecule has 0 aliphatic rings. The standard InChI is InChI=1S/C16H15ClN2O/c1-19-14-8-3-2-7-13(14)18-16(19)10-15(20)11-5-4-6-12(17)9-11/h2-9,15,20H,10H2,1H3. The Hall–Kier alpha value is -1.84. The number of halogens is 1. The Morgan fingerprint density at radius 3 is 2.75 bits per heavy atom. The van der Waals surface area contributed by atoms with Crippen LogP contribution in [0.1, 0.15) is 17.5 Å². The molecule has 4 heteroatoms. The smallest absolute Gasteiger partial charge is 0.112 e. The van der Waals surface area contributed by atoms with E-state index in [0.29, 0.717) is 11.4 Å². The van der Waals surface area contributed by atoms with E-state index in [-0.39, 0.29) is 0 Å². The first kappa shape index (κ1) is 13.2. The highest BCUT2D eigenvalue weighted by atomic mass is 35.5. The van der Waals surface area contributed by atoms with Crippen LogP contribution >= 0.6 is 11.6 Å². The third kappa shape index (κ3) is 2.42. The van der Waals surface area contributed by atoms with Gasteiger partial charge in [0.2, 0.25) is 0 Å². The highest BCUT2D eigenvalue weighted by molar-refractivity contribution is 6.30. The normalized spacial score (nSPS) is 12.8. The van der Waals surface area contributed by atoms with Gasteiger partial charge < -0.3 is 9.67 Å². The summed E-state index contributed by atoms with van der Waals surface area (Å²) in [5.74, 6) is 0.860. The van der Waals surface area contributed by atoms with Gasteiger partial charge in [0.15, 0.2) is 0 Å². The number of benzene rings is 2. The summed E-state index contributed by atoms with van der Waals surface area (Å²) < 4.78 is 2.02. The minimum absolute atomic E-state index is 0.464. The molecule has 1 N–H and O–H groups in total. The number of rotatable bonds is 3. The first-order valence-electron chi connectivity index (χ1n) is 6.49. The van der Waals surface area contributed by atoms with Crippen LogP contribution in [-0.2, 0) is 13.5 Å². The second-order valence-corrected chi connectivity index (χ2v) is 5.29. The summed E-state index contributed by atoms with van der Waals surface area (Å²) in [5.41, 5.74) is 2.83. The van der Waals surface area contributed by atoms with E-state index in [4.69, 9.17) is 11.6 Å². The Kier molecular flexibility index (Phi) is 3.47. The van der Waals surface area contributed by atoms with Gasteiger partial charge in [0.25, 0.3) is 0 Å². The topological polar surface area (TPSA) is 38.0 Å². The van der Waals surface area contributed by atoms with Gasteiger partial charge in [-0.3, -0.25) is 0 Å². The Bertz CT molecular complexity index is 751. The quantitative estimate of drug-likeness (QED) is 0.800. The van der Waals surface area contributed by atoms with Gasteiger partial charge in [0, 0.05) is 18.5 Å². The molecular formula is C16H15ClN2O. The van der Waals surface area contributed by atoms with Crippen molar-refractivity contribution in [3.8, 4) is 0 Å². The van der Waals surface area contributed by atoms with E-state index < -0.39 is 6.10 Å². The molecule has 102 valence electrons. The molecule has 0 aliphatic carbocycles. The molecule has 1 atom stereocenters. The van der Waals surface area contributed by atoms with Crippen LogP contribution in [0.25, 0.3) is 11.0 Å². The number of aryl methyl sites for hydroxylation is 1. The van der Waals surface area contributed by atoms with Crippen molar-refractivity contribution >= 4 is 22.6 Å². The first-order chi connectivity index (χ1) is 9.65. The second-order valence-electron chi connectivity index (χ2n) is 4.85. The maximum atomic E-state index is 10.3. The molecule has 3 aromatic rings. The fourth-order valence-electron chi connectivity index (χ4n) is 2.38. The number of hydrogen-bond acceptors (Lipinski definition) is 2. The van der Waals surface area contributed by atoms with Gasteiger partial charge in [0.05, 0.1) is 17.1 Å². The lowest BCUT2D eigenvalue weighted by molar-refractivity contribution is 0.175. The largest absolute Gasteiger partial charge is 0.388 e. The Morgan fingerprint density at radius 1 is 1.20 bits per heavy atom. The number of aliphatic hydroxyl groups is 1. The van der Waals surface area contributed by atoms with E-state index in [1.54, 1.807) is 12.1 Å². The maximum Gasteiger partial charge on any atom is 0.112 e. The molecule has 0 bridgehead atoms. The minimum atomic E-state index is -0.607. The molecule has 0 radical (unpaired) electrons. The van der Waals surface area contributed by atoms with Gasteiger partial charge in [0.1, 0.15) is 5.82 Å². The minimum Gasteiger partial charge on any atom is -0.388 e. The SMILES string of the molecule is Cn1c(CC(O)c2cccc(Cl)c2)nc2ccccc21. The van der Waals surface area contributed by atoms with Crippen molar-refractivity contribution in [2.45, 2.75) is 12.5 Å². The summed E-state index contributed by atoms with van der Waals surface area (Å²) in [7, 11) is 1.97. The molecule has 0 amide bonds. The lowest BCUT2D eigenvalue weighted by atomic mass is 10.1. The average Bonchev–Trinajstić information content (AvgIpc) is 2.76. The highest BCUT2D eigenvalue weighted by Crippen LogP contribution is 2.23. The number of para-hydroxylation sites is 2. The number of aromatic nitrogens is 2. The fraction of sp³-hybridized carbons (Fsp3) is 0.188. The van der Waals surface area contributed by atoms with Crippen LogP contribution in [-0.4, -0.2) is 14.7 Å². The molecule has 3 rings (SSSR count). The number of aliphatic hydroxyl groups excluding tert-OH is 1. The predicted molar refractivity (Wildman–Crippen MR) is 80.8 cm³/mol. The molecule has 0 fully saturated rings. The third-order valence-electron chi connectivity index (χ3n) is 3.49. The summed E-state index contributed by atoms with van der Waals surface area (Å²) in [5, 5.41) is 11.0. The maximum absolute atomic E-state index is 10.3. The van der Waals surface area contributed by atoms with Crippen molar-refractivity contribution in [1.82, 2.24) is 9.55 Å².